The molecule has 0 saturated carbocycles. The molecule has 0 aliphatic heterocycles. The van der Waals surface area contributed by atoms with Crippen LogP contribution in [0.4, 0.5) is 5.88 Å². The van der Waals surface area contributed by atoms with Gasteiger partial charge in [-0.3, -0.25) is 10.1 Å². The summed E-state index contributed by atoms with van der Waals surface area (Å²) in [6.07, 6.45) is 2.44. The number of hydrogen-bond donors (Lipinski definition) is 0. The highest BCUT2D eigenvalue weighted by atomic mass is 16.6. The first-order valence-electron chi connectivity index (χ1n) is 6.84. The van der Waals surface area contributed by atoms with E-state index in [-0.39, 0.29) is 24.9 Å². The third-order valence-electron chi connectivity index (χ3n) is 2.86. The highest BCUT2D eigenvalue weighted by Gasteiger charge is 2.10. The van der Waals surface area contributed by atoms with E-state index in [1.807, 2.05) is 31.2 Å². The summed E-state index contributed by atoms with van der Waals surface area (Å²) >= 11 is 0. The Balaban J connectivity index is 1.73. The first-order valence-corrected chi connectivity index (χ1v) is 6.84. The van der Waals surface area contributed by atoms with Gasteiger partial charge in [-0.2, -0.15) is 0 Å². The number of esters is 1. The number of benzene rings is 1. The van der Waals surface area contributed by atoms with E-state index in [4.69, 9.17) is 13.9 Å². The van der Waals surface area contributed by atoms with Crippen LogP contribution in [0.5, 0.6) is 5.75 Å². The SMILES string of the molecule is Cc1ccccc1OCCOC(=O)/C=C/c1ccc([N+](=O)[O-])o1. The summed E-state index contributed by atoms with van der Waals surface area (Å²) < 4.78 is 15.3. The molecule has 7 nitrogen and oxygen atoms in total. The van der Waals surface area contributed by atoms with Crippen LogP contribution in [0.2, 0.25) is 0 Å². The van der Waals surface area contributed by atoms with E-state index in [0.29, 0.717) is 0 Å². The Hall–Kier alpha value is -3.09. The zero-order valence-corrected chi connectivity index (χ0v) is 12.4. The molecule has 0 radical (unpaired) electrons. The Morgan fingerprint density at radius 3 is 2.74 bits per heavy atom. The molecule has 1 aromatic heterocycles. The lowest BCUT2D eigenvalue weighted by Gasteiger charge is -2.08. The van der Waals surface area contributed by atoms with Crippen molar-refractivity contribution in [3.05, 3.63) is 63.9 Å². The molecule has 0 aliphatic rings. The van der Waals surface area contributed by atoms with Crippen LogP contribution in [-0.2, 0) is 9.53 Å². The molecule has 2 aromatic rings. The van der Waals surface area contributed by atoms with Crippen molar-refractivity contribution in [3.63, 3.8) is 0 Å². The van der Waals surface area contributed by atoms with E-state index in [9.17, 15) is 14.9 Å². The minimum absolute atomic E-state index is 0.0931. The summed E-state index contributed by atoms with van der Waals surface area (Å²) in [6, 6.07) is 10.1. The van der Waals surface area contributed by atoms with E-state index in [1.165, 1.54) is 18.2 Å². The third-order valence-corrected chi connectivity index (χ3v) is 2.86. The molecule has 0 bridgehead atoms. The molecule has 2 rings (SSSR count). The lowest BCUT2D eigenvalue weighted by Crippen LogP contribution is -2.10. The van der Waals surface area contributed by atoms with Crippen molar-refractivity contribution in [2.45, 2.75) is 6.92 Å². The van der Waals surface area contributed by atoms with Crippen LogP contribution in [-0.4, -0.2) is 24.1 Å². The fourth-order valence-corrected chi connectivity index (χ4v) is 1.74. The zero-order valence-electron chi connectivity index (χ0n) is 12.4. The van der Waals surface area contributed by atoms with Crippen LogP contribution in [0.15, 0.2) is 46.9 Å². The largest absolute Gasteiger partial charge is 0.490 e. The zero-order chi connectivity index (χ0) is 16.7. The molecular formula is C16H15NO6. The van der Waals surface area contributed by atoms with Gasteiger partial charge in [0, 0.05) is 6.08 Å². The van der Waals surface area contributed by atoms with E-state index < -0.39 is 10.9 Å². The summed E-state index contributed by atoms with van der Waals surface area (Å²) in [5, 5.41) is 10.4. The van der Waals surface area contributed by atoms with Crippen molar-refractivity contribution in [2.24, 2.45) is 0 Å². The number of nitro groups is 1. The molecule has 0 saturated heterocycles. The molecule has 1 aromatic carbocycles. The quantitative estimate of drug-likeness (QED) is 0.256. The molecule has 0 unspecified atom stereocenters. The molecule has 23 heavy (non-hydrogen) atoms. The summed E-state index contributed by atoms with van der Waals surface area (Å²) in [7, 11) is 0. The van der Waals surface area contributed by atoms with Crippen LogP contribution in [0, 0.1) is 17.0 Å². The maximum absolute atomic E-state index is 11.5. The van der Waals surface area contributed by atoms with E-state index in [2.05, 4.69) is 0 Å². The molecule has 0 fully saturated rings. The smallest absolute Gasteiger partial charge is 0.433 e. The number of para-hydroxylation sites is 1. The van der Waals surface area contributed by atoms with Crippen molar-refractivity contribution < 1.29 is 23.6 Å². The van der Waals surface area contributed by atoms with Crippen LogP contribution < -0.4 is 4.74 Å². The van der Waals surface area contributed by atoms with E-state index >= 15 is 0 Å². The van der Waals surface area contributed by atoms with Gasteiger partial charge >= 0.3 is 11.9 Å². The number of carbonyl (C=O) groups excluding carboxylic acids is 1. The monoisotopic (exact) mass is 317 g/mol. The highest BCUT2D eigenvalue weighted by Crippen LogP contribution is 2.17. The fourth-order valence-electron chi connectivity index (χ4n) is 1.74. The summed E-state index contributed by atoms with van der Waals surface area (Å²) in [5.41, 5.74) is 0.998. The second-order valence-corrected chi connectivity index (χ2v) is 4.55. The Morgan fingerprint density at radius 2 is 2.04 bits per heavy atom. The maximum atomic E-state index is 11.5. The lowest BCUT2D eigenvalue weighted by atomic mass is 10.2. The summed E-state index contributed by atoms with van der Waals surface area (Å²) in [5.74, 6) is -0.0334. The van der Waals surface area contributed by atoms with E-state index in [1.54, 1.807) is 0 Å². The van der Waals surface area contributed by atoms with Crippen LogP contribution in [0.3, 0.4) is 0 Å². The summed E-state index contributed by atoms with van der Waals surface area (Å²) in [4.78, 5) is 21.3. The van der Waals surface area contributed by atoms with Gasteiger partial charge in [0.25, 0.3) is 0 Å². The number of nitrogens with zero attached hydrogens (tertiary/aromatic N) is 1. The third kappa shape index (κ3) is 4.99. The van der Waals surface area contributed by atoms with Gasteiger partial charge < -0.3 is 13.9 Å². The van der Waals surface area contributed by atoms with Gasteiger partial charge in [0.15, 0.2) is 0 Å². The molecule has 0 amide bonds. The number of aryl methyl sites for hydroxylation is 1. The van der Waals surface area contributed by atoms with Crippen molar-refractivity contribution >= 4 is 17.9 Å². The number of rotatable bonds is 7. The normalized spacial score (nSPS) is 10.7. The van der Waals surface area contributed by atoms with Crippen LogP contribution >= 0.6 is 0 Å². The highest BCUT2D eigenvalue weighted by molar-refractivity contribution is 5.86. The van der Waals surface area contributed by atoms with Crippen molar-refractivity contribution in [2.75, 3.05) is 13.2 Å². The first-order chi connectivity index (χ1) is 11.1. The molecule has 0 spiro atoms. The molecule has 0 N–H and O–H groups in total. The average Bonchev–Trinajstić information content (AvgIpc) is 3.00. The molecule has 0 aliphatic carbocycles. The van der Waals surface area contributed by atoms with Crippen molar-refractivity contribution in [3.8, 4) is 5.75 Å². The topological polar surface area (TPSA) is 91.8 Å². The van der Waals surface area contributed by atoms with Gasteiger partial charge in [0.2, 0.25) is 0 Å². The van der Waals surface area contributed by atoms with Crippen LogP contribution in [0.1, 0.15) is 11.3 Å². The number of furan rings is 1. The molecule has 1 heterocycles. The minimum atomic E-state index is -0.654. The van der Waals surface area contributed by atoms with Gasteiger partial charge in [-0.05, 0) is 30.7 Å². The van der Waals surface area contributed by atoms with Crippen LogP contribution in [0.25, 0.3) is 6.08 Å². The Bertz CT molecular complexity index is 719. The number of hydrogen-bond acceptors (Lipinski definition) is 6. The maximum Gasteiger partial charge on any atom is 0.433 e. The van der Waals surface area contributed by atoms with Gasteiger partial charge in [0.1, 0.15) is 29.6 Å². The van der Waals surface area contributed by atoms with Gasteiger partial charge in [-0.25, -0.2) is 4.79 Å². The minimum Gasteiger partial charge on any atom is -0.490 e. The molecular weight excluding hydrogens is 302 g/mol. The molecule has 7 heteroatoms. The first kappa shape index (κ1) is 16.3. The van der Waals surface area contributed by atoms with Crippen molar-refractivity contribution in [1.29, 1.82) is 0 Å². The lowest BCUT2D eigenvalue weighted by molar-refractivity contribution is -0.402. The number of ether oxygens (including phenoxy) is 2. The predicted octanol–water partition coefficient (Wildman–Crippen LogP) is 3.13. The van der Waals surface area contributed by atoms with Gasteiger partial charge in [-0.1, -0.05) is 18.2 Å². The van der Waals surface area contributed by atoms with Crippen molar-refractivity contribution in [1.82, 2.24) is 0 Å². The second kappa shape index (κ2) is 7.79. The average molecular weight is 317 g/mol. The van der Waals surface area contributed by atoms with E-state index in [0.717, 1.165) is 17.4 Å². The Labute approximate surface area is 132 Å². The molecule has 0 atom stereocenters. The molecule has 120 valence electrons. The second-order valence-electron chi connectivity index (χ2n) is 4.55. The van der Waals surface area contributed by atoms with Gasteiger partial charge in [-0.15, -0.1) is 0 Å². The Morgan fingerprint density at radius 1 is 1.26 bits per heavy atom. The van der Waals surface area contributed by atoms with Gasteiger partial charge in [0.05, 0.1) is 6.07 Å². The summed E-state index contributed by atoms with van der Waals surface area (Å²) in [6.45, 7) is 2.25. The number of carbonyl (C=O) groups is 1. The standard InChI is InChI=1S/C16H15NO6/c1-12-4-2-3-5-14(12)21-10-11-22-16(18)9-7-13-6-8-15(23-13)17(19)20/h2-9H,10-11H2,1H3/b9-7+. The predicted molar refractivity (Wildman–Crippen MR) is 82.0 cm³/mol. The Kier molecular flexibility index (Phi) is 5.51. The fraction of sp³-hybridized carbons (Fsp3) is 0.188.